The molecular formula is C10H19NO3S. The quantitative estimate of drug-likeness (QED) is 0.798. The van der Waals surface area contributed by atoms with E-state index in [1.807, 2.05) is 0 Å². The predicted molar refractivity (Wildman–Crippen MR) is 57.2 cm³/mol. The fourth-order valence-corrected chi connectivity index (χ4v) is 3.71. The zero-order valence-corrected chi connectivity index (χ0v) is 10.1. The summed E-state index contributed by atoms with van der Waals surface area (Å²) in [6, 6.07) is 0. The van der Waals surface area contributed by atoms with Crippen LogP contribution in [0.25, 0.3) is 0 Å². The molecule has 3 atom stereocenters. The molecular weight excluding hydrogens is 214 g/mol. The van der Waals surface area contributed by atoms with Crippen molar-refractivity contribution < 1.29 is 12.6 Å². The zero-order chi connectivity index (χ0) is 11.3. The second kappa shape index (κ2) is 3.43. The van der Waals surface area contributed by atoms with Gasteiger partial charge in [-0.15, -0.1) is 0 Å². The number of hydrogen-bond acceptors (Lipinski definition) is 3. The maximum atomic E-state index is 10.7. The van der Waals surface area contributed by atoms with Gasteiger partial charge in [-0.25, -0.2) is 5.14 Å². The highest BCUT2D eigenvalue weighted by Gasteiger charge is 2.54. The molecule has 4 nitrogen and oxygen atoms in total. The molecule has 0 radical (unpaired) electrons. The minimum atomic E-state index is -3.77. The fourth-order valence-electron chi connectivity index (χ4n) is 3.34. The molecule has 3 rings (SSSR count). The first-order chi connectivity index (χ1) is 6.81. The first-order valence-electron chi connectivity index (χ1n) is 5.48. The average Bonchev–Trinajstić information content (AvgIpc) is 2.13. The summed E-state index contributed by atoms with van der Waals surface area (Å²) in [6.45, 7) is 4.81. The molecule has 0 aromatic carbocycles. The second-order valence-corrected chi connectivity index (χ2v) is 6.70. The Bertz CT molecular complexity index is 348. The third-order valence-electron chi connectivity index (χ3n) is 4.45. The molecule has 3 aliphatic carbocycles. The fraction of sp³-hybridized carbons (Fsp3) is 1.00. The van der Waals surface area contributed by atoms with Crippen LogP contribution in [0.3, 0.4) is 0 Å². The highest BCUT2D eigenvalue weighted by molar-refractivity contribution is 7.84. The van der Waals surface area contributed by atoms with Gasteiger partial charge in [-0.2, -0.15) is 8.42 Å². The van der Waals surface area contributed by atoms with E-state index < -0.39 is 10.3 Å². The Morgan fingerprint density at radius 2 is 2.07 bits per heavy atom. The number of fused-ring (bicyclic) bond motifs is 2. The Hall–Kier alpha value is -0.130. The molecule has 0 heterocycles. The summed E-state index contributed by atoms with van der Waals surface area (Å²) in [7, 11) is -3.77. The molecule has 0 amide bonds. The van der Waals surface area contributed by atoms with Gasteiger partial charge in [0.25, 0.3) is 0 Å². The van der Waals surface area contributed by atoms with Crippen molar-refractivity contribution in [2.45, 2.75) is 33.1 Å². The van der Waals surface area contributed by atoms with Crippen LogP contribution >= 0.6 is 0 Å². The molecule has 2 N–H and O–H groups in total. The van der Waals surface area contributed by atoms with Crippen molar-refractivity contribution >= 4 is 10.3 Å². The smallest absolute Gasteiger partial charge is 0.258 e. The maximum Gasteiger partial charge on any atom is 0.333 e. The Kier molecular flexibility index (Phi) is 2.60. The van der Waals surface area contributed by atoms with Crippen molar-refractivity contribution in [1.82, 2.24) is 0 Å². The normalized spacial score (nSPS) is 38.5. The van der Waals surface area contributed by atoms with E-state index in [1.54, 1.807) is 0 Å². The van der Waals surface area contributed by atoms with Gasteiger partial charge in [-0.05, 0) is 42.4 Å². The van der Waals surface area contributed by atoms with Crippen molar-refractivity contribution in [1.29, 1.82) is 0 Å². The van der Waals surface area contributed by atoms with Crippen LogP contribution in [-0.2, 0) is 14.5 Å². The molecule has 5 heteroatoms. The van der Waals surface area contributed by atoms with E-state index in [0.717, 1.165) is 12.3 Å². The Labute approximate surface area is 91.4 Å². The summed E-state index contributed by atoms with van der Waals surface area (Å²) in [4.78, 5) is 0. The minimum Gasteiger partial charge on any atom is -0.258 e. The minimum absolute atomic E-state index is 0.264. The van der Waals surface area contributed by atoms with Crippen molar-refractivity contribution in [2.24, 2.45) is 28.3 Å². The van der Waals surface area contributed by atoms with Crippen molar-refractivity contribution in [3.63, 3.8) is 0 Å². The predicted octanol–water partition coefficient (Wildman–Crippen LogP) is 1.28. The van der Waals surface area contributed by atoms with E-state index in [1.165, 1.54) is 12.8 Å². The molecule has 88 valence electrons. The third kappa shape index (κ3) is 2.05. The summed E-state index contributed by atoms with van der Waals surface area (Å²) in [6.07, 6.45) is 3.50. The lowest BCUT2D eigenvalue weighted by Gasteiger charge is -2.60. The molecule has 3 aliphatic rings. The lowest BCUT2D eigenvalue weighted by atomic mass is 9.46. The molecule has 0 aliphatic heterocycles. The van der Waals surface area contributed by atoms with E-state index in [4.69, 9.17) is 9.32 Å². The first-order valence-corrected chi connectivity index (χ1v) is 6.95. The largest absolute Gasteiger partial charge is 0.333 e. The van der Waals surface area contributed by atoms with Crippen LogP contribution in [0, 0.1) is 23.2 Å². The van der Waals surface area contributed by atoms with E-state index >= 15 is 0 Å². The van der Waals surface area contributed by atoms with Crippen molar-refractivity contribution in [2.75, 3.05) is 6.61 Å². The number of rotatable bonds is 3. The first kappa shape index (κ1) is 11.4. The zero-order valence-electron chi connectivity index (χ0n) is 9.27. The van der Waals surface area contributed by atoms with E-state index in [9.17, 15) is 8.42 Å². The molecule has 0 aromatic rings. The number of nitrogens with two attached hydrogens (primary N) is 1. The SMILES string of the molecule is CC1(C)C2CCC(COS(N)(=O)=O)C1C2. The molecule has 0 aromatic heterocycles. The van der Waals surface area contributed by atoms with Crippen LogP contribution < -0.4 is 5.14 Å². The summed E-state index contributed by atoms with van der Waals surface area (Å²) in [5, 5.41) is 4.83. The van der Waals surface area contributed by atoms with Crippen LogP contribution in [0.15, 0.2) is 0 Å². The molecule has 0 spiro atoms. The monoisotopic (exact) mass is 233 g/mol. The van der Waals surface area contributed by atoms with Gasteiger partial charge < -0.3 is 0 Å². The highest BCUT2D eigenvalue weighted by atomic mass is 32.2. The van der Waals surface area contributed by atoms with Gasteiger partial charge >= 0.3 is 10.3 Å². The lowest BCUT2D eigenvalue weighted by Crippen LogP contribution is -2.53. The standard InChI is InChI=1S/C10H19NO3S/c1-10(2)8-4-3-7(9(10)5-8)6-14-15(11,12)13/h7-9H,3-6H2,1-2H3,(H2,11,12,13). The molecule has 3 unspecified atom stereocenters. The van der Waals surface area contributed by atoms with E-state index in [0.29, 0.717) is 17.3 Å². The van der Waals surface area contributed by atoms with Crippen LogP contribution in [0.2, 0.25) is 0 Å². The lowest BCUT2D eigenvalue weighted by molar-refractivity contribution is -0.113. The number of hydrogen-bond donors (Lipinski definition) is 1. The summed E-state index contributed by atoms with van der Waals surface area (Å²) in [5.74, 6) is 1.80. The van der Waals surface area contributed by atoms with Crippen LogP contribution in [-0.4, -0.2) is 15.0 Å². The second-order valence-electron chi connectivity index (χ2n) is 5.48. The molecule has 2 bridgehead atoms. The molecule has 3 fully saturated rings. The van der Waals surface area contributed by atoms with Crippen LogP contribution in [0.5, 0.6) is 0 Å². The Morgan fingerprint density at radius 3 is 2.53 bits per heavy atom. The summed E-state index contributed by atoms with van der Waals surface area (Å²) < 4.78 is 26.1. The molecule has 3 saturated carbocycles. The van der Waals surface area contributed by atoms with Gasteiger partial charge in [0.15, 0.2) is 0 Å². The highest BCUT2D eigenvalue weighted by Crippen LogP contribution is 2.61. The Morgan fingerprint density at radius 1 is 1.40 bits per heavy atom. The summed E-state index contributed by atoms with van der Waals surface area (Å²) in [5.41, 5.74) is 0.366. The Balaban J connectivity index is 1.94. The van der Waals surface area contributed by atoms with Crippen LogP contribution in [0.4, 0.5) is 0 Å². The van der Waals surface area contributed by atoms with Gasteiger partial charge in [0, 0.05) is 0 Å². The van der Waals surface area contributed by atoms with Crippen LogP contribution in [0.1, 0.15) is 33.1 Å². The van der Waals surface area contributed by atoms with Gasteiger partial charge in [0.2, 0.25) is 0 Å². The van der Waals surface area contributed by atoms with Gasteiger partial charge in [-0.3, -0.25) is 4.18 Å². The molecule has 15 heavy (non-hydrogen) atoms. The summed E-state index contributed by atoms with van der Waals surface area (Å²) >= 11 is 0. The van der Waals surface area contributed by atoms with Gasteiger partial charge in [0.05, 0.1) is 6.61 Å². The topological polar surface area (TPSA) is 69.4 Å². The van der Waals surface area contributed by atoms with Crippen molar-refractivity contribution in [3.8, 4) is 0 Å². The third-order valence-corrected chi connectivity index (χ3v) is 4.91. The van der Waals surface area contributed by atoms with E-state index in [-0.39, 0.29) is 6.61 Å². The van der Waals surface area contributed by atoms with Gasteiger partial charge in [-0.1, -0.05) is 13.8 Å². The maximum absolute atomic E-state index is 10.7. The van der Waals surface area contributed by atoms with Crippen molar-refractivity contribution in [3.05, 3.63) is 0 Å². The van der Waals surface area contributed by atoms with E-state index in [2.05, 4.69) is 13.8 Å². The molecule has 0 saturated heterocycles. The average molecular weight is 233 g/mol. The van der Waals surface area contributed by atoms with Gasteiger partial charge in [0.1, 0.15) is 0 Å².